The summed E-state index contributed by atoms with van der Waals surface area (Å²) in [5, 5.41) is 9.40. The zero-order chi connectivity index (χ0) is 17.8. The van der Waals surface area contributed by atoms with Gasteiger partial charge in [0.05, 0.1) is 18.9 Å². The molecule has 2 atom stereocenters. The fourth-order valence-electron chi connectivity index (χ4n) is 3.93. The molecule has 0 bridgehead atoms. The van der Waals surface area contributed by atoms with E-state index in [9.17, 15) is 14.7 Å². The van der Waals surface area contributed by atoms with Crippen LogP contribution >= 0.6 is 0 Å². The minimum Gasteiger partial charge on any atom is -0.497 e. The van der Waals surface area contributed by atoms with Crippen LogP contribution in [-0.2, 0) is 9.59 Å². The molecule has 6 heteroatoms. The molecule has 3 rings (SSSR count). The number of anilines is 1. The maximum absolute atomic E-state index is 12.8. The van der Waals surface area contributed by atoms with Crippen LogP contribution in [-0.4, -0.2) is 55.2 Å². The van der Waals surface area contributed by atoms with Crippen LogP contribution in [0.2, 0.25) is 0 Å². The number of amides is 1. The van der Waals surface area contributed by atoms with Crippen LogP contribution in [0.3, 0.4) is 0 Å². The molecule has 0 unspecified atom stereocenters. The van der Waals surface area contributed by atoms with E-state index in [0.29, 0.717) is 25.9 Å². The SMILES string of the molecule is COc1ccc(N2CCN(C(=O)[C@H]3CCCC[C@@H]3C(=O)O)CC2)cc1. The van der Waals surface area contributed by atoms with Gasteiger partial charge in [0.15, 0.2) is 0 Å². The molecule has 6 nitrogen and oxygen atoms in total. The van der Waals surface area contributed by atoms with Gasteiger partial charge in [0.1, 0.15) is 5.75 Å². The predicted octanol–water partition coefficient (Wildman–Crippen LogP) is 2.23. The van der Waals surface area contributed by atoms with Gasteiger partial charge >= 0.3 is 5.97 Å². The minimum atomic E-state index is -0.824. The Bertz CT molecular complexity index is 608. The van der Waals surface area contributed by atoms with Gasteiger partial charge in [-0.1, -0.05) is 12.8 Å². The first kappa shape index (κ1) is 17.6. The van der Waals surface area contributed by atoms with E-state index in [1.54, 1.807) is 7.11 Å². The molecule has 1 aromatic carbocycles. The summed E-state index contributed by atoms with van der Waals surface area (Å²) < 4.78 is 5.18. The Kier molecular flexibility index (Phi) is 5.46. The number of hydrogen-bond acceptors (Lipinski definition) is 4. The lowest BCUT2D eigenvalue weighted by molar-refractivity contribution is -0.152. The predicted molar refractivity (Wildman–Crippen MR) is 94.9 cm³/mol. The van der Waals surface area contributed by atoms with Gasteiger partial charge in [-0.3, -0.25) is 9.59 Å². The Morgan fingerprint density at radius 3 is 2.16 bits per heavy atom. The van der Waals surface area contributed by atoms with Gasteiger partial charge in [-0.05, 0) is 37.1 Å². The number of rotatable bonds is 4. The van der Waals surface area contributed by atoms with Crippen LogP contribution in [0, 0.1) is 11.8 Å². The van der Waals surface area contributed by atoms with Crippen molar-refractivity contribution >= 4 is 17.6 Å². The average molecular weight is 346 g/mol. The van der Waals surface area contributed by atoms with Gasteiger partial charge in [-0.25, -0.2) is 0 Å². The maximum Gasteiger partial charge on any atom is 0.307 e. The number of hydrogen-bond donors (Lipinski definition) is 1. The van der Waals surface area contributed by atoms with Crippen molar-refractivity contribution in [2.75, 3.05) is 38.2 Å². The monoisotopic (exact) mass is 346 g/mol. The normalized spacial score (nSPS) is 24.0. The molecular formula is C19H26N2O4. The smallest absolute Gasteiger partial charge is 0.307 e. The lowest BCUT2D eigenvalue weighted by atomic mass is 9.78. The second-order valence-corrected chi connectivity index (χ2v) is 6.85. The summed E-state index contributed by atoms with van der Waals surface area (Å²) in [6.45, 7) is 2.83. The largest absolute Gasteiger partial charge is 0.497 e. The molecule has 136 valence electrons. The minimum absolute atomic E-state index is 0.0291. The average Bonchev–Trinajstić information content (AvgIpc) is 2.67. The summed E-state index contributed by atoms with van der Waals surface area (Å²) in [6.07, 6.45) is 3.18. The Morgan fingerprint density at radius 1 is 1.00 bits per heavy atom. The molecule has 1 aliphatic heterocycles. The van der Waals surface area contributed by atoms with Crippen molar-refractivity contribution in [3.8, 4) is 5.75 Å². The molecule has 2 fully saturated rings. The first-order chi connectivity index (χ1) is 12.1. The molecular weight excluding hydrogens is 320 g/mol. The number of carbonyl (C=O) groups excluding carboxylic acids is 1. The number of carboxylic acid groups (broad SMARTS) is 1. The van der Waals surface area contributed by atoms with Crippen molar-refractivity contribution in [1.82, 2.24) is 4.90 Å². The Labute approximate surface area is 148 Å². The molecule has 0 spiro atoms. The molecule has 25 heavy (non-hydrogen) atoms. The van der Waals surface area contributed by atoms with Crippen LogP contribution in [0.1, 0.15) is 25.7 Å². The van der Waals surface area contributed by atoms with Crippen LogP contribution in [0.5, 0.6) is 5.75 Å². The molecule has 1 N–H and O–H groups in total. The first-order valence-electron chi connectivity index (χ1n) is 9.00. The third kappa shape index (κ3) is 3.89. The summed E-state index contributed by atoms with van der Waals surface area (Å²) >= 11 is 0. The van der Waals surface area contributed by atoms with Crippen molar-refractivity contribution in [2.24, 2.45) is 11.8 Å². The molecule has 1 saturated heterocycles. The number of nitrogens with zero attached hydrogens (tertiary/aromatic N) is 2. The van der Waals surface area contributed by atoms with Crippen LogP contribution in [0.25, 0.3) is 0 Å². The van der Waals surface area contributed by atoms with Gasteiger partial charge in [-0.2, -0.15) is 0 Å². The summed E-state index contributed by atoms with van der Waals surface area (Å²) in [5.74, 6) is -0.828. The number of carbonyl (C=O) groups is 2. The molecule has 1 aromatic rings. The van der Waals surface area contributed by atoms with Crippen LogP contribution in [0.4, 0.5) is 5.69 Å². The van der Waals surface area contributed by atoms with E-state index in [4.69, 9.17) is 4.74 Å². The zero-order valence-corrected chi connectivity index (χ0v) is 14.7. The van der Waals surface area contributed by atoms with E-state index < -0.39 is 11.9 Å². The molecule has 1 aliphatic carbocycles. The second-order valence-electron chi connectivity index (χ2n) is 6.85. The highest BCUT2D eigenvalue weighted by molar-refractivity contribution is 5.85. The fraction of sp³-hybridized carbons (Fsp3) is 0.579. The number of ether oxygens (including phenoxy) is 1. The van der Waals surface area contributed by atoms with E-state index in [-0.39, 0.29) is 11.8 Å². The van der Waals surface area contributed by atoms with Gasteiger partial charge in [0, 0.05) is 31.9 Å². The summed E-state index contributed by atoms with van der Waals surface area (Å²) in [7, 11) is 1.65. The number of piperazine rings is 1. The highest BCUT2D eigenvalue weighted by Crippen LogP contribution is 2.32. The van der Waals surface area contributed by atoms with Crippen molar-refractivity contribution in [3.63, 3.8) is 0 Å². The molecule has 0 aromatic heterocycles. The highest BCUT2D eigenvalue weighted by atomic mass is 16.5. The van der Waals surface area contributed by atoms with E-state index >= 15 is 0 Å². The second kappa shape index (κ2) is 7.76. The number of aliphatic carboxylic acids is 1. The molecule has 1 amide bonds. The summed E-state index contributed by atoms with van der Waals surface area (Å²) in [4.78, 5) is 28.4. The van der Waals surface area contributed by atoms with Gasteiger partial charge in [0.25, 0.3) is 0 Å². The van der Waals surface area contributed by atoms with Gasteiger partial charge in [0.2, 0.25) is 5.91 Å². The van der Waals surface area contributed by atoms with Crippen molar-refractivity contribution in [1.29, 1.82) is 0 Å². The summed E-state index contributed by atoms with van der Waals surface area (Å²) in [5.41, 5.74) is 1.12. The zero-order valence-electron chi connectivity index (χ0n) is 14.7. The van der Waals surface area contributed by atoms with Crippen LogP contribution < -0.4 is 9.64 Å². The first-order valence-corrected chi connectivity index (χ1v) is 9.00. The van der Waals surface area contributed by atoms with E-state index in [1.165, 1.54) is 0 Å². The van der Waals surface area contributed by atoms with E-state index in [0.717, 1.165) is 37.4 Å². The molecule has 1 saturated carbocycles. The van der Waals surface area contributed by atoms with E-state index in [1.807, 2.05) is 29.2 Å². The van der Waals surface area contributed by atoms with Gasteiger partial charge in [-0.15, -0.1) is 0 Å². The number of benzene rings is 1. The van der Waals surface area contributed by atoms with E-state index in [2.05, 4.69) is 4.90 Å². The Balaban J connectivity index is 1.59. The lowest BCUT2D eigenvalue weighted by Gasteiger charge is -2.39. The van der Waals surface area contributed by atoms with Crippen molar-refractivity contribution < 1.29 is 19.4 Å². The highest BCUT2D eigenvalue weighted by Gasteiger charge is 2.38. The standard InChI is InChI=1S/C19H26N2O4/c1-25-15-8-6-14(7-9-15)20-10-12-21(13-11-20)18(22)16-4-2-3-5-17(16)19(23)24/h6-9,16-17H,2-5,10-13H2,1H3,(H,23,24)/t16-,17-/m0/s1. The third-order valence-electron chi connectivity index (χ3n) is 5.43. The van der Waals surface area contributed by atoms with Crippen LogP contribution in [0.15, 0.2) is 24.3 Å². The van der Waals surface area contributed by atoms with Crippen molar-refractivity contribution in [3.05, 3.63) is 24.3 Å². The number of carboxylic acids is 1. The van der Waals surface area contributed by atoms with Crippen molar-refractivity contribution in [2.45, 2.75) is 25.7 Å². The van der Waals surface area contributed by atoms with Gasteiger partial charge < -0.3 is 19.6 Å². The Morgan fingerprint density at radius 2 is 1.60 bits per heavy atom. The topological polar surface area (TPSA) is 70.1 Å². The molecule has 1 heterocycles. The Hall–Kier alpha value is -2.24. The lowest BCUT2D eigenvalue weighted by Crippen LogP contribution is -2.52. The maximum atomic E-state index is 12.8. The molecule has 2 aliphatic rings. The third-order valence-corrected chi connectivity index (χ3v) is 5.43. The quantitative estimate of drug-likeness (QED) is 0.905. The number of methoxy groups -OCH3 is 1. The fourth-order valence-corrected chi connectivity index (χ4v) is 3.93. The molecule has 0 radical (unpaired) electrons. The summed E-state index contributed by atoms with van der Waals surface area (Å²) in [6, 6.07) is 7.93.